The SMILES string of the molecule is COC(=O)c1ccc(C=NN2c3ccccc3C(C)(C)CC2(C)C)cc1. The maximum atomic E-state index is 11.5. The van der Waals surface area contributed by atoms with Crippen molar-refractivity contribution in [3.8, 4) is 0 Å². The largest absolute Gasteiger partial charge is 0.465 e. The number of anilines is 1. The van der Waals surface area contributed by atoms with Gasteiger partial charge in [-0.15, -0.1) is 0 Å². The summed E-state index contributed by atoms with van der Waals surface area (Å²) in [6, 6.07) is 15.7. The first-order chi connectivity index (χ1) is 12.2. The van der Waals surface area contributed by atoms with E-state index >= 15 is 0 Å². The molecule has 26 heavy (non-hydrogen) atoms. The van der Waals surface area contributed by atoms with Gasteiger partial charge in [0.1, 0.15) is 0 Å². The molecule has 0 aromatic heterocycles. The second-order valence-corrected chi connectivity index (χ2v) is 8.06. The molecule has 0 saturated heterocycles. The van der Waals surface area contributed by atoms with E-state index in [0.717, 1.165) is 17.7 Å². The van der Waals surface area contributed by atoms with Crippen LogP contribution in [0.25, 0.3) is 0 Å². The summed E-state index contributed by atoms with van der Waals surface area (Å²) in [4.78, 5) is 11.5. The molecule has 0 saturated carbocycles. The van der Waals surface area contributed by atoms with Gasteiger partial charge in [-0.05, 0) is 55.0 Å². The van der Waals surface area contributed by atoms with Crippen LogP contribution in [0.15, 0.2) is 53.6 Å². The van der Waals surface area contributed by atoms with Crippen molar-refractivity contribution in [2.24, 2.45) is 5.10 Å². The van der Waals surface area contributed by atoms with Crippen molar-refractivity contribution in [1.29, 1.82) is 0 Å². The maximum absolute atomic E-state index is 11.5. The second-order valence-electron chi connectivity index (χ2n) is 8.06. The lowest BCUT2D eigenvalue weighted by molar-refractivity contribution is 0.0600. The average molecular weight is 350 g/mol. The van der Waals surface area contributed by atoms with E-state index in [1.807, 2.05) is 18.3 Å². The molecule has 136 valence electrons. The van der Waals surface area contributed by atoms with Crippen LogP contribution < -0.4 is 5.01 Å². The first-order valence-electron chi connectivity index (χ1n) is 8.87. The lowest BCUT2D eigenvalue weighted by Gasteiger charge is -2.48. The summed E-state index contributed by atoms with van der Waals surface area (Å²) in [6.45, 7) is 9.03. The van der Waals surface area contributed by atoms with Crippen LogP contribution in [0.2, 0.25) is 0 Å². The number of benzene rings is 2. The van der Waals surface area contributed by atoms with Gasteiger partial charge in [-0.1, -0.05) is 44.2 Å². The molecule has 2 aromatic rings. The number of hydrazone groups is 1. The third-order valence-electron chi connectivity index (χ3n) is 4.96. The Hall–Kier alpha value is -2.62. The third-order valence-corrected chi connectivity index (χ3v) is 4.96. The Morgan fingerprint density at radius 2 is 1.73 bits per heavy atom. The van der Waals surface area contributed by atoms with Crippen LogP contribution in [0.4, 0.5) is 5.69 Å². The number of rotatable bonds is 3. The highest BCUT2D eigenvalue weighted by Crippen LogP contribution is 2.46. The standard InChI is InChI=1S/C22H26N2O2/c1-21(2)15-22(3,4)24(19-9-7-6-8-18(19)21)23-14-16-10-12-17(13-11-16)20(25)26-5/h6-14H,15H2,1-5H3. The molecule has 0 unspecified atom stereocenters. The Balaban J connectivity index is 1.93. The zero-order valence-corrected chi connectivity index (χ0v) is 16.1. The van der Waals surface area contributed by atoms with Crippen molar-refractivity contribution >= 4 is 17.9 Å². The molecule has 0 aliphatic carbocycles. The minimum Gasteiger partial charge on any atom is -0.465 e. The van der Waals surface area contributed by atoms with Gasteiger partial charge in [0.15, 0.2) is 0 Å². The fourth-order valence-corrected chi connectivity index (χ4v) is 3.97. The first-order valence-corrected chi connectivity index (χ1v) is 8.87. The smallest absolute Gasteiger partial charge is 0.337 e. The number of esters is 1. The van der Waals surface area contributed by atoms with Crippen LogP contribution in [0.5, 0.6) is 0 Å². The Labute approximate surface area is 155 Å². The molecule has 1 aliphatic heterocycles. The van der Waals surface area contributed by atoms with E-state index in [0.29, 0.717) is 5.56 Å². The number of ether oxygens (including phenoxy) is 1. The van der Waals surface area contributed by atoms with Gasteiger partial charge in [0.25, 0.3) is 0 Å². The van der Waals surface area contributed by atoms with Crippen molar-refractivity contribution in [2.45, 2.75) is 45.1 Å². The Morgan fingerprint density at radius 3 is 2.38 bits per heavy atom. The zero-order valence-electron chi connectivity index (χ0n) is 16.1. The van der Waals surface area contributed by atoms with E-state index in [2.05, 4.69) is 57.0 Å². The van der Waals surface area contributed by atoms with Crippen LogP contribution >= 0.6 is 0 Å². The molecule has 0 radical (unpaired) electrons. The molecule has 1 aliphatic rings. The Morgan fingerprint density at radius 1 is 1.08 bits per heavy atom. The molecule has 0 spiro atoms. The fourth-order valence-electron chi connectivity index (χ4n) is 3.97. The van der Waals surface area contributed by atoms with Crippen LogP contribution in [0.1, 0.15) is 55.6 Å². The number of para-hydroxylation sites is 1. The molecular formula is C22H26N2O2. The minimum atomic E-state index is -0.332. The molecular weight excluding hydrogens is 324 g/mol. The number of hydrogen-bond acceptors (Lipinski definition) is 4. The van der Waals surface area contributed by atoms with Gasteiger partial charge in [-0.2, -0.15) is 5.10 Å². The predicted octanol–water partition coefficient (Wildman–Crippen LogP) is 4.77. The zero-order chi connectivity index (χ0) is 18.9. The van der Waals surface area contributed by atoms with E-state index in [1.54, 1.807) is 12.1 Å². The van der Waals surface area contributed by atoms with E-state index in [-0.39, 0.29) is 16.9 Å². The van der Waals surface area contributed by atoms with E-state index in [9.17, 15) is 4.79 Å². The Bertz CT molecular complexity index is 835. The van der Waals surface area contributed by atoms with Gasteiger partial charge in [0, 0.05) is 0 Å². The normalized spacial score (nSPS) is 17.8. The van der Waals surface area contributed by atoms with Gasteiger partial charge in [0.2, 0.25) is 0 Å². The summed E-state index contributed by atoms with van der Waals surface area (Å²) >= 11 is 0. The molecule has 0 bridgehead atoms. The van der Waals surface area contributed by atoms with E-state index < -0.39 is 0 Å². The number of carbonyl (C=O) groups is 1. The summed E-state index contributed by atoms with van der Waals surface area (Å²) in [6.07, 6.45) is 2.85. The number of fused-ring (bicyclic) bond motifs is 1. The van der Waals surface area contributed by atoms with Crippen molar-refractivity contribution < 1.29 is 9.53 Å². The van der Waals surface area contributed by atoms with Crippen molar-refractivity contribution in [3.05, 3.63) is 65.2 Å². The topological polar surface area (TPSA) is 41.9 Å². The van der Waals surface area contributed by atoms with E-state index in [4.69, 9.17) is 9.84 Å². The van der Waals surface area contributed by atoms with Gasteiger partial charge >= 0.3 is 5.97 Å². The van der Waals surface area contributed by atoms with Crippen LogP contribution in [0.3, 0.4) is 0 Å². The first kappa shape index (κ1) is 18.2. The van der Waals surface area contributed by atoms with Crippen molar-refractivity contribution in [3.63, 3.8) is 0 Å². The summed E-state index contributed by atoms with van der Waals surface area (Å²) in [5.41, 5.74) is 3.95. The fraction of sp³-hybridized carbons (Fsp3) is 0.364. The van der Waals surface area contributed by atoms with Gasteiger partial charge in [0.05, 0.1) is 30.1 Å². The summed E-state index contributed by atoms with van der Waals surface area (Å²) in [5.74, 6) is -0.332. The number of carbonyl (C=O) groups excluding carboxylic acids is 1. The molecule has 2 aromatic carbocycles. The van der Waals surface area contributed by atoms with Crippen LogP contribution in [-0.2, 0) is 10.2 Å². The molecule has 0 fully saturated rings. The summed E-state index contributed by atoms with van der Waals surface area (Å²) < 4.78 is 4.74. The van der Waals surface area contributed by atoms with Crippen LogP contribution in [0, 0.1) is 0 Å². The summed E-state index contributed by atoms with van der Waals surface area (Å²) in [7, 11) is 1.38. The highest BCUT2D eigenvalue weighted by molar-refractivity contribution is 5.90. The molecule has 1 heterocycles. The van der Waals surface area contributed by atoms with Crippen LogP contribution in [-0.4, -0.2) is 24.8 Å². The third kappa shape index (κ3) is 3.36. The molecule has 0 amide bonds. The highest BCUT2D eigenvalue weighted by atomic mass is 16.5. The quantitative estimate of drug-likeness (QED) is 0.591. The van der Waals surface area contributed by atoms with Gasteiger partial charge in [-0.3, -0.25) is 5.01 Å². The molecule has 3 rings (SSSR count). The van der Waals surface area contributed by atoms with Crippen molar-refractivity contribution in [1.82, 2.24) is 0 Å². The molecule has 0 N–H and O–H groups in total. The average Bonchev–Trinajstić information content (AvgIpc) is 2.60. The number of methoxy groups -OCH3 is 1. The second kappa shape index (κ2) is 6.60. The summed E-state index contributed by atoms with van der Waals surface area (Å²) in [5, 5.41) is 6.91. The molecule has 0 atom stereocenters. The lowest BCUT2D eigenvalue weighted by atomic mass is 9.71. The number of hydrogen-bond donors (Lipinski definition) is 0. The monoisotopic (exact) mass is 350 g/mol. The van der Waals surface area contributed by atoms with Gasteiger partial charge in [-0.25, -0.2) is 4.79 Å². The number of nitrogens with zero attached hydrogens (tertiary/aromatic N) is 2. The highest BCUT2D eigenvalue weighted by Gasteiger charge is 2.42. The molecule has 4 heteroatoms. The lowest BCUT2D eigenvalue weighted by Crippen LogP contribution is -2.49. The van der Waals surface area contributed by atoms with Crippen molar-refractivity contribution in [2.75, 3.05) is 12.1 Å². The molecule has 4 nitrogen and oxygen atoms in total. The van der Waals surface area contributed by atoms with E-state index in [1.165, 1.54) is 12.7 Å². The maximum Gasteiger partial charge on any atom is 0.337 e. The minimum absolute atomic E-state index is 0.0969. The van der Waals surface area contributed by atoms with Gasteiger partial charge < -0.3 is 4.74 Å². The Kier molecular flexibility index (Phi) is 4.61. The predicted molar refractivity (Wildman–Crippen MR) is 106 cm³/mol.